The SMILES string of the molecule is N#CC(c1ccnc(NCCc2cccnc2)n1)c1nc2ccccc2[nH]1. The van der Waals surface area contributed by atoms with Crippen LogP contribution in [-0.2, 0) is 6.42 Å². The van der Waals surface area contributed by atoms with Gasteiger partial charge >= 0.3 is 0 Å². The van der Waals surface area contributed by atoms with E-state index in [1.165, 1.54) is 0 Å². The molecule has 1 aromatic carbocycles. The molecule has 132 valence electrons. The van der Waals surface area contributed by atoms with Crippen LogP contribution in [-0.4, -0.2) is 31.5 Å². The van der Waals surface area contributed by atoms with E-state index in [4.69, 9.17) is 0 Å². The van der Waals surface area contributed by atoms with Crippen molar-refractivity contribution in [3.63, 3.8) is 0 Å². The fourth-order valence-corrected chi connectivity index (χ4v) is 2.86. The smallest absolute Gasteiger partial charge is 0.222 e. The number of hydrogen-bond acceptors (Lipinski definition) is 6. The van der Waals surface area contributed by atoms with Crippen LogP contribution in [0.2, 0.25) is 0 Å². The molecule has 4 rings (SSSR count). The summed E-state index contributed by atoms with van der Waals surface area (Å²) in [5, 5.41) is 12.9. The molecule has 0 aliphatic heterocycles. The Balaban J connectivity index is 1.51. The van der Waals surface area contributed by atoms with Gasteiger partial charge in [-0.3, -0.25) is 4.98 Å². The van der Waals surface area contributed by atoms with Gasteiger partial charge < -0.3 is 10.3 Å². The molecule has 3 heterocycles. The van der Waals surface area contributed by atoms with Crippen LogP contribution in [0.1, 0.15) is 23.0 Å². The second-order valence-corrected chi connectivity index (χ2v) is 6.04. The largest absolute Gasteiger partial charge is 0.354 e. The van der Waals surface area contributed by atoms with Gasteiger partial charge in [-0.2, -0.15) is 5.26 Å². The zero-order valence-corrected chi connectivity index (χ0v) is 14.5. The Morgan fingerprint density at radius 3 is 2.81 bits per heavy atom. The Morgan fingerprint density at radius 1 is 1.07 bits per heavy atom. The van der Waals surface area contributed by atoms with Crippen LogP contribution in [0.4, 0.5) is 5.95 Å². The van der Waals surface area contributed by atoms with Crippen molar-refractivity contribution in [3.8, 4) is 6.07 Å². The van der Waals surface area contributed by atoms with Gasteiger partial charge in [-0.15, -0.1) is 0 Å². The van der Waals surface area contributed by atoms with Crippen molar-refractivity contribution in [1.29, 1.82) is 5.26 Å². The van der Waals surface area contributed by atoms with Crippen LogP contribution in [0, 0.1) is 11.3 Å². The molecule has 0 radical (unpaired) electrons. The number of imidazole rings is 1. The van der Waals surface area contributed by atoms with Crippen molar-refractivity contribution in [2.24, 2.45) is 0 Å². The number of aromatic nitrogens is 5. The fourth-order valence-electron chi connectivity index (χ4n) is 2.86. The molecule has 0 bridgehead atoms. The van der Waals surface area contributed by atoms with E-state index in [1.807, 2.05) is 42.6 Å². The van der Waals surface area contributed by atoms with Crippen molar-refractivity contribution < 1.29 is 0 Å². The number of aromatic amines is 1. The van der Waals surface area contributed by atoms with Crippen LogP contribution in [0.15, 0.2) is 61.1 Å². The molecule has 1 unspecified atom stereocenters. The molecule has 4 aromatic rings. The molecule has 0 saturated heterocycles. The predicted octanol–water partition coefficient (Wildman–Crippen LogP) is 3.06. The topological polar surface area (TPSA) is 103 Å². The summed E-state index contributed by atoms with van der Waals surface area (Å²) >= 11 is 0. The summed E-state index contributed by atoms with van der Waals surface area (Å²) in [4.78, 5) is 20.6. The molecule has 0 aliphatic carbocycles. The third kappa shape index (κ3) is 3.75. The average Bonchev–Trinajstić information content (AvgIpc) is 3.13. The molecule has 7 heteroatoms. The van der Waals surface area contributed by atoms with E-state index in [2.05, 4.69) is 36.3 Å². The molecule has 0 amide bonds. The first-order valence-corrected chi connectivity index (χ1v) is 8.63. The second kappa shape index (κ2) is 7.62. The predicted molar refractivity (Wildman–Crippen MR) is 102 cm³/mol. The van der Waals surface area contributed by atoms with E-state index < -0.39 is 5.92 Å². The summed E-state index contributed by atoms with van der Waals surface area (Å²) in [6, 6.07) is 15.7. The number of pyridine rings is 1. The van der Waals surface area contributed by atoms with Crippen LogP contribution >= 0.6 is 0 Å². The zero-order chi connectivity index (χ0) is 18.5. The Labute approximate surface area is 156 Å². The van der Waals surface area contributed by atoms with Gasteiger partial charge in [-0.05, 0) is 36.2 Å². The molecule has 0 spiro atoms. The van der Waals surface area contributed by atoms with Gasteiger partial charge in [0.05, 0.1) is 22.8 Å². The zero-order valence-electron chi connectivity index (χ0n) is 14.5. The van der Waals surface area contributed by atoms with Crippen molar-refractivity contribution in [2.75, 3.05) is 11.9 Å². The van der Waals surface area contributed by atoms with Crippen LogP contribution in [0.25, 0.3) is 11.0 Å². The van der Waals surface area contributed by atoms with Crippen molar-refractivity contribution in [3.05, 3.63) is 78.1 Å². The normalized spacial score (nSPS) is 11.8. The summed E-state index contributed by atoms with van der Waals surface area (Å²) in [6.07, 6.45) is 6.06. The number of para-hydroxylation sites is 2. The molecule has 3 aromatic heterocycles. The highest BCUT2D eigenvalue weighted by Gasteiger charge is 2.19. The van der Waals surface area contributed by atoms with Crippen LogP contribution < -0.4 is 5.32 Å². The van der Waals surface area contributed by atoms with Gasteiger partial charge in [0.2, 0.25) is 5.95 Å². The van der Waals surface area contributed by atoms with Gasteiger partial charge in [-0.1, -0.05) is 18.2 Å². The number of nitriles is 1. The first-order valence-electron chi connectivity index (χ1n) is 8.63. The summed E-state index contributed by atoms with van der Waals surface area (Å²) in [5.74, 6) is 0.491. The maximum atomic E-state index is 9.68. The Morgan fingerprint density at radius 2 is 2.00 bits per heavy atom. The molecule has 27 heavy (non-hydrogen) atoms. The lowest BCUT2D eigenvalue weighted by atomic mass is 10.1. The number of anilines is 1. The summed E-state index contributed by atoms with van der Waals surface area (Å²) in [7, 11) is 0. The number of benzene rings is 1. The maximum Gasteiger partial charge on any atom is 0.222 e. The third-order valence-corrected chi connectivity index (χ3v) is 4.20. The fraction of sp³-hybridized carbons (Fsp3) is 0.150. The molecule has 0 saturated carbocycles. The van der Waals surface area contributed by atoms with E-state index >= 15 is 0 Å². The van der Waals surface area contributed by atoms with E-state index in [1.54, 1.807) is 18.5 Å². The standard InChI is InChI=1S/C20H17N7/c21-12-15(19-25-17-5-1-2-6-18(17)26-19)16-8-11-24-20(27-16)23-10-7-14-4-3-9-22-13-14/h1-6,8-9,11,13,15H,7,10H2,(H,25,26)(H,23,24,27). The Bertz CT molecular complexity index is 1050. The summed E-state index contributed by atoms with van der Waals surface area (Å²) < 4.78 is 0. The number of nitrogens with zero attached hydrogens (tertiary/aromatic N) is 5. The van der Waals surface area contributed by atoms with Gasteiger partial charge in [-0.25, -0.2) is 15.0 Å². The van der Waals surface area contributed by atoms with Crippen molar-refractivity contribution in [2.45, 2.75) is 12.3 Å². The first-order chi connectivity index (χ1) is 13.3. The molecule has 2 N–H and O–H groups in total. The quantitative estimate of drug-likeness (QED) is 0.551. The third-order valence-electron chi connectivity index (χ3n) is 4.20. The molecule has 1 atom stereocenters. The minimum atomic E-state index is -0.584. The lowest BCUT2D eigenvalue weighted by Gasteiger charge is -2.09. The average molecular weight is 355 g/mol. The maximum absolute atomic E-state index is 9.68. The van der Waals surface area contributed by atoms with E-state index in [-0.39, 0.29) is 0 Å². The van der Waals surface area contributed by atoms with Crippen molar-refractivity contribution in [1.82, 2.24) is 24.9 Å². The molecule has 7 nitrogen and oxygen atoms in total. The van der Waals surface area contributed by atoms with Crippen LogP contribution in [0.3, 0.4) is 0 Å². The summed E-state index contributed by atoms with van der Waals surface area (Å²) in [6.45, 7) is 0.678. The van der Waals surface area contributed by atoms with E-state index in [9.17, 15) is 5.26 Å². The Hall–Kier alpha value is -3.79. The Kier molecular flexibility index (Phi) is 4.70. The number of nitrogens with one attached hydrogen (secondary N) is 2. The monoisotopic (exact) mass is 355 g/mol. The number of fused-ring (bicyclic) bond motifs is 1. The highest BCUT2D eigenvalue weighted by molar-refractivity contribution is 5.75. The van der Waals surface area contributed by atoms with Gasteiger partial charge in [0.1, 0.15) is 11.7 Å². The van der Waals surface area contributed by atoms with Gasteiger partial charge in [0, 0.05) is 25.1 Å². The lowest BCUT2D eigenvalue weighted by Crippen LogP contribution is -2.11. The van der Waals surface area contributed by atoms with Crippen LogP contribution in [0.5, 0.6) is 0 Å². The number of rotatable bonds is 6. The molecular formula is C20H17N7. The van der Waals surface area contributed by atoms with Gasteiger partial charge in [0.25, 0.3) is 0 Å². The lowest BCUT2D eigenvalue weighted by molar-refractivity contribution is 0.875. The second-order valence-electron chi connectivity index (χ2n) is 6.04. The number of H-pyrrole nitrogens is 1. The minimum Gasteiger partial charge on any atom is -0.354 e. The van der Waals surface area contributed by atoms with Gasteiger partial charge in [0.15, 0.2) is 0 Å². The number of hydrogen-bond donors (Lipinski definition) is 2. The molecular weight excluding hydrogens is 338 g/mol. The highest BCUT2D eigenvalue weighted by Crippen LogP contribution is 2.23. The first kappa shape index (κ1) is 16.7. The summed E-state index contributed by atoms with van der Waals surface area (Å²) in [5.41, 5.74) is 3.47. The van der Waals surface area contributed by atoms with E-state index in [0.717, 1.165) is 23.0 Å². The molecule has 0 aliphatic rings. The highest BCUT2D eigenvalue weighted by atomic mass is 15.1. The minimum absolute atomic E-state index is 0.493. The van der Waals surface area contributed by atoms with E-state index in [0.29, 0.717) is 24.0 Å². The molecule has 0 fully saturated rings. The van der Waals surface area contributed by atoms with Crippen molar-refractivity contribution >= 4 is 17.0 Å².